The number of nitrogens with zero attached hydrogens (tertiary/aromatic N) is 1. The second-order valence-electron chi connectivity index (χ2n) is 5.38. The molecule has 1 aromatic rings. The fourth-order valence-corrected chi connectivity index (χ4v) is 2.35. The van der Waals surface area contributed by atoms with E-state index in [-0.39, 0.29) is 19.6 Å². The minimum absolute atomic E-state index is 0.130. The Morgan fingerprint density at radius 3 is 2.70 bits per heavy atom. The molecule has 1 heterocycles. The third kappa shape index (κ3) is 3.27. The van der Waals surface area contributed by atoms with Gasteiger partial charge in [0.1, 0.15) is 12.6 Å². The quantitative estimate of drug-likeness (QED) is 0.810. The zero-order valence-corrected chi connectivity index (χ0v) is 11.3. The van der Waals surface area contributed by atoms with E-state index in [9.17, 15) is 9.59 Å². The first kappa shape index (κ1) is 14.3. The Morgan fingerprint density at radius 1 is 1.45 bits per heavy atom. The molecule has 108 valence electrons. The Balaban J connectivity index is 1.99. The lowest BCUT2D eigenvalue weighted by atomic mass is 10.0. The molecule has 0 aromatic heterocycles. The standard InChI is InChI=1S/C14H18N2O4/c1-14(15)7-11(16(9-14)13(18)19)12(17)20-8-10-5-3-2-4-6-10/h2-6,11H,7-9,15H2,1H3,(H,18,19)/t11-,14-/m0/s1. The third-order valence-electron chi connectivity index (χ3n) is 3.31. The molecule has 0 aliphatic carbocycles. The van der Waals surface area contributed by atoms with Crippen LogP contribution in [-0.4, -0.2) is 40.2 Å². The van der Waals surface area contributed by atoms with E-state index in [1.807, 2.05) is 30.3 Å². The number of carboxylic acid groups (broad SMARTS) is 1. The van der Waals surface area contributed by atoms with Gasteiger partial charge in [-0.2, -0.15) is 0 Å². The highest BCUT2D eigenvalue weighted by molar-refractivity contribution is 5.82. The SMILES string of the molecule is C[C@]1(N)C[C@@H](C(=O)OCc2ccccc2)N(C(=O)O)C1. The van der Waals surface area contributed by atoms with E-state index in [0.717, 1.165) is 10.5 Å². The number of likely N-dealkylation sites (tertiary alicyclic amines) is 1. The van der Waals surface area contributed by atoms with Crippen molar-refractivity contribution in [3.8, 4) is 0 Å². The molecular weight excluding hydrogens is 260 g/mol. The molecule has 1 fully saturated rings. The number of esters is 1. The number of amides is 1. The molecule has 0 saturated carbocycles. The van der Waals surface area contributed by atoms with Crippen LogP contribution in [0.2, 0.25) is 0 Å². The molecule has 1 aliphatic heterocycles. The molecule has 6 heteroatoms. The largest absolute Gasteiger partial charge is 0.465 e. The summed E-state index contributed by atoms with van der Waals surface area (Å²) >= 11 is 0. The lowest BCUT2D eigenvalue weighted by Crippen LogP contribution is -2.42. The normalized spacial score (nSPS) is 25.5. The molecule has 6 nitrogen and oxygen atoms in total. The summed E-state index contributed by atoms with van der Waals surface area (Å²) in [5.41, 5.74) is 6.09. The molecule has 2 rings (SSSR count). The van der Waals surface area contributed by atoms with Gasteiger partial charge >= 0.3 is 12.1 Å². The number of hydrogen-bond acceptors (Lipinski definition) is 4. The smallest absolute Gasteiger partial charge is 0.408 e. The van der Waals surface area contributed by atoms with Gasteiger partial charge in [-0.1, -0.05) is 30.3 Å². The fraction of sp³-hybridized carbons (Fsp3) is 0.429. The Bertz CT molecular complexity index is 501. The number of carbonyl (C=O) groups is 2. The molecule has 1 aromatic carbocycles. The van der Waals surface area contributed by atoms with Gasteiger partial charge in [0.05, 0.1) is 0 Å². The Kier molecular flexibility index (Phi) is 3.94. The van der Waals surface area contributed by atoms with E-state index in [0.29, 0.717) is 0 Å². The lowest BCUT2D eigenvalue weighted by molar-refractivity contribution is -0.149. The van der Waals surface area contributed by atoms with Gasteiger partial charge in [-0.05, 0) is 18.9 Å². The van der Waals surface area contributed by atoms with Crippen LogP contribution in [0.3, 0.4) is 0 Å². The topological polar surface area (TPSA) is 92.9 Å². The average Bonchev–Trinajstić information content (AvgIpc) is 2.74. The number of carbonyl (C=O) groups excluding carboxylic acids is 1. The maximum Gasteiger partial charge on any atom is 0.408 e. The summed E-state index contributed by atoms with van der Waals surface area (Å²) in [7, 11) is 0. The summed E-state index contributed by atoms with van der Waals surface area (Å²) in [5, 5.41) is 9.11. The van der Waals surface area contributed by atoms with Crippen LogP contribution in [0.5, 0.6) is 0 Å². The third-order valence-corrected chi connectivity index (χ3v) is 3.31. The predicted molar refractivity (Wildman–Crippen MR) is 72.0 cm³/mol. The predicted octanol–water partition coefficient (Wildman–Crippen LogP) is 1.20. The van der Waals surface area contributed by atoms with Crippen LogP contribution in [0.25, 0.3) is 0 Å². The summed E-state index contributed by atoms with van der Waals surface area (Å²) in [6, 6.07) is 8.41. The number of hydrogen-bond donors (Lipinski definition) is 2. The van der Waals surface area contributed by atoms with Gasteiger partial charge in [-0.15, -0.1) is 0 Å². The summed E-state index contributed by atoms with van der Waals surface area (Å²) < 4.78 is 5.19. The van der Waals surface area contributed by atoms with E-state index in [1.54, 1.807) is 6.92 Å². The van der Waals surface area contributed by atoms with E-state index in [4.69, 9.17) is 15.6 Å². The van der Waals surface area contributed by atoms with Gasteiger partial charge in [0.25, 0.3) is 0 Å². The van der Waals surface area contributed by atoms with Crippen LogP contribution in [0.15, 0.2) is 30.3 Å². The first-order valence-electron chi connectivity index (χ1n) is 6.38. The second kappa shape index (κ2) is 5.50. The van der Waals surface area contributed by atoms with Gasteiger partial charge in [0.2, 0.25) is 0 Å². The highest BCUT2D eigenvalue weighted by atomic mass is 16.5. The second-order valence-corrected chi connectivity index (χ2v) is 5.38. The van der Waals surface area contributed by atoms with Crippen molar-refractivity contribution < 1.29 is 19.4 Å². The van der Waals surface area contributed by atoms with Crippen molar-refractivity contribution in [2.45, 2.75) is 31.5 Å². The zero-order chi connectivity index (χ0) is 14.8. The molecule has 0 radical (unpaired) electrons. The van der Waals surface area contributed by atoms with Crippen LogP contribution in [-0.2, 0) is 16.1 Å². The maximum absolute atomic E-state index is 12.0. The van der Waals surface area contributed by atoms with E-state index < -0.39 is 23.6 Å². The van der Waals surface area contributed by atoms with Gasteiger partial charge in [-0.3, -0.25) is 4.90 Å². The molecule has 20 heavy (non-hydrogen) atoms. The molecule has 0 unspecified atom stereocenters. The summed E-state index contributed by atoms with van der Waals surface area (Å²) in [6.07, 6.45) is -0.881. The minimum atomic E-state index is -1.15. The summed E-state index contributed by atoms with van der Waals surface area (Å²) in [5.74, 6) is -0.551. The Morgan fingerprint density at radius 2 is 2.10 bits per heavy atom. The number of rotatable bonds is 3. The molecular formula is C14H18N2O4. The van der Waals surface area contributed by atoms with E-state index >= 15 is 0 Å². The molecule has 3 N–H and O–H groups in total. The first-order valence-corrected chi connectivity index (χ1v) is 6.38. The summed E-state index contributed by atoms with van der Waals surface area (Å²) in [4.78, 5) is 24.2. The van der Waals surface area contributed by atoms with Crippen LogP contribution in [0.1, 0.15) is 18.9 Å². The van der Waals surface area contributed by atoms with Crippen molar-refractivity contribution in [3.63, 3.8) is 0 Å². The molecule has 1 aliphatic rings. The zero-order valence-electron chi connectivity index (χ0n) is 11.3. The van der Waals surface area contributed by atoms with Crippen molar-refractivity contribution in [1.29, 1.82) is 0 Å². The van der Waals surface area contributed by atoms with Crippen molar-refractivity contribution in [1.82, 2.24) is 4.90 Å². The monoisotopic (exact) mass is 278 g/mol. The van der Waals surface area contributed by atoms with E-state index in [2.05, 4.69) is 0 Å². The molecule has 1 saturated heterocycles. The Hall–Kier alpha value is -2.08. The lowest BCUT2D eigenvalue weighted by Gasteiger charge is -2.19. The van der Waals surface area contributed by atoms with Gasteiger partial charge in [0.15, 0.2) is 0 Å². The van der Waals surface area contributed by atoms with Crippen molar-refractivity contribution >= 4 is 12.1 Å². The van der Waals surface area contributed by atoms with Crippen molar-refractivity contribution in [2.24, 2.45) is 5.73 Å². The average molecular weight is 278 g/mol. The first-order chi connectivity index (χ1) is 9.39. The van der Waals surface area contributed by atoms with Crippen molar-refractivity contribution in [2.75, 3.05) is 6.54 Å². The van der Waals surface area contributed by atoms with Crippen LogP contribution in [0, 0.1) is 0 Å². The fourth-order valence-electron chi connectivity index (χ4n) is 2.35. The Labute approximate surface area is 117 Å². The van der Waals surface area contributed by atoms with Crippen molar-refractivity contribution in [3.05, 3.63) is 35.9 Å². The van der Waals surface area contributed by atoms with Crippen LogP contribution in [0.4, 0.5) is 4.79 Å². The van der Waals surface area contributed by atoms with Crippen LogP contribution < -0.4 is 5.73 Å². The molecule has 0 spiro atoms. The molecule has 1 amide bonds. The van der Waals surface area contributed by atoms with E-state index in [1.165, 1.54) is 0 Å². The summed E-state index contributed by atoms with van der Waals surface area (Å²) in [6.45, 7) is 1.99. The van der Waals surface area contributed by atoms with Gasteiger partial charge in [0, 0.05) is 12.1 Å². The van der Waals surface area contributed by atoms with Gasteiger partial charge < -0.3 is 15.6 Å². The minimum Gasteiger partial charge on any atom is -0.465 e. The molecule has 2 atom stereocenters. The molecule has 0 bridgehead atoms. The maximum atomic E-state index is 12.0. The van der Waals surface area contributed by atoms with Gasteiger partial charge in [-0.25, -0.2) is 9.59 Å². The van der Waals surface area contributed by atoms with Crippen LogP contribution >= 0.6 is 0 Å². The number of ether oxygens (including phenoxy) is 1. The number of nitrogens with two attached hydrogens (primary N) is 1. The number of benzene rings is 1. The highest BCUT2D eigenvalue weighted by Gasteiger charge is 2.45. The highest BCUT2D eigenvalue weighted by Crippen LogP contribution is 2.26.